The second kappa shape index (κ2) is 12.1. The molecule has 7 heteroatoms. The van der Waals surface area contributed by atoms with Crippen molar-refractivity contribution in [2.45, 2.75) is 31.4 Å². The Balaban J connectivity index is 1.37. The third-order valence-electron chi connectivity index (χ3n) is 6.37. The Kier molecular flexibility index (Phi) is 8.47. The van der Waals surface area contributed by atoms with E-state index in [4.69, 9.17) is 4.84 Å². The SMILES string of the molecule is CO/N=C1/CC(CCC(=O)NC[C@@H](O)c2ccccc2)N(C(=O)c2ccc(-c3ccccc3)cc2)C1. The molecule has 0 saturated carbocycles. The van der Waals surface area contributed by atoms with Crippen molar-refractivity contribution < 1.29 is 19.5 Å². The Labute approximate surface area is 211 Å². The first-order valence-electron chi connectivity index (χ1n) is 12.1. The number of hydrogen-bond donors (Lipinski definition) is 2. The molecule has 3 aromatic carbocycles. The van der Waals surface area contributed by atoms with E-state index in [1.165, 1.54) is 7.11 Å². The molecule has 1 aliphatic heterocycles. The van der Waals surface area contributed by atoms with Crippen LogP contribution in [0.2, 0.25) is 0 Å². The quantitative estimate of drug-likeness (QED) is 0.445. The summed E-state index contributed by atoms with van der Waals surface area (Å²) in [6.07, 6.45) is 0.521. The molecule has 3 aromatic rings. The Hall–Kier alpha value is -3.97. The maximum Gasteiger partial charge on any atom is 0.254 e. The molecule has 0 spiro atoms. The standard InChI is InChI=1S/C29H31N3O4/c1-36-31-25-18-26(16-17-28(34)30-19-27(33)23-10-6-3-7-11-23)32(20-25)29(35)24-14-12-22(13-15-24)21-8-4-2-5-9-21/h2-15,26-27,33H,16-20H2,1H3,(H,30,34)/b31-25-/t26?,27-/m1/s1. The number of benzene rings is 3. The lowest BCUT2D eigenvalue weighted by atomic mass is 10.0. The summed E-state index contributed by atoms with van der Waals surface area (Å²) in [4.78, 5) is 32.6. The number of likely N-dealkylation sites (tertiary alicyclic amines) is 1. The minimum atomic E-state index is -0.765. The summed E-state index contributed by atoms with van der Waals surface area (Å²) in [6.45, 7) is 0.506. The zero-order chi connectivity index (χ0) is 25.3. The molecule has 2 atom stereocenters. The van der Waals surface area contributed by atoms with E-state index < -0.39 is 6.10 Å². The van der Waals surface area contributed by atoms with Crippen molar-refractivity contribution >= 4 is 17.5 Å². The monoisotopic (exact) mass is 485 g/mol. The van der Waals surface area contributed by atoms with Crippen LogP contribution in [-0.4, -0.2) is 53.8 Å². The number of carbonyl (C=O) groups excluding carboxylic acids is 2. The lowest BCUT2D eigenvalue weighted by Crippen LogP contribution is -2.37. The third-order valence-corrected chi connectivity index (χ3v) is 6.37. The van der Waals surface area contributed by atoms with Crippen molar-refractivity contribution in [1.29, 1.82) is 0 Å². The number of aliphatic hydroxyl groups excluding tert-OH is 1. The van der Waals surface area contributed by atoms with Crippen molar-refractivity contribution in [3.05, 3.63) is 96.1 Å². The van der Waals surface area contributed by atoms with Crippen molar-refractivity contribution in [2.24, 2.45) is 5.16 Å². The maximum atomic E-state index is 13.4. The van der Waals surface area contributed by atoms with E-state index in [-0.39, 0.29) is 30.8 Å². The highest BCUT2D eigenvalue weighted by molar-refractivity contribution is 6.00. The van der Waals surface area contributed by atoms with Gasteiger partial charge < -0.3 is 20.2 Å². The van der Waals surface area contributed by atoms with Crippen LogP contribution in [0.3, 0.4) is 0 Å². The Morgan fingerprint density at radius 1 is 1.00 bits per heavy atom. The topological polar surface area (TPSA) is 91.2 Å². The summed E-state index contributed by atoms with van der Waals surface area (Å²) in [5.41, 5.74) is 4.25. The average Bonchev–Trinajstić information content (AvgIpc) is 3.34. The van der Waals surface area contributed by atoms with Gasteiger partial charge in [-0.1, -0.05) is 78.0 Å². The summed E-state index contributed by atoms with van der Waals surface area (Å²) in [5.74, 6) is -0.262. The molecule has 2 N–H and O–H groups in total. The normalized spacial score (nSPS) is 17.1. The molecule has 2 amide bonds. The van der Waals surface area contributed by atoms with Gasteiger partial charge in [-0.2, -0.15) is 0 Å². The summed E-state index contributed by atoms with van der Waals surface area (Å²) in [7, 11) is 1.49. The number of amides is 2. The van der Waals surface area contributed by atoms with Gasteiger partial charge in [0.05, 0.1) is 18.4 Å². The number of hydrogen-bond acceptors (Lipinski definition) is 5. The molecule has 0 bridgehead atoms. The van der Waals surface area contributed by atoms with Crippen LogP contribution < -0.4 is 5.32 Å². The second-order valence-corrected chi connectivity index (χ2v) is 8.84. The van der Waals surface area contributed by atoms with Crippen LogP contribution in [0.25, 0.3) is 11.1 Å². The van der Waals surface area contributed by atoms with Crippen LogP contribution in [0.5, 0.6) is 0 Å². The van der Waals surface area contributed by atoms with Crippen molar-refractivity contribution in [2.75, 3.05) is 20.2 Å². The summed E-state index contributed by atoms with van der Waals surface area (Å²) >= 11 is 0. The molecule has 1 aliphatic rings. The van der Waals surface area contributed by atoms with Crippen LogP contribution in [0.1, 0.15) is 41.3 Å². The predicted octanol–water partition coefficient (Wildman–Crippen LogP) is 4.20. The molecule has 1 unspecified atom stereocenters. The van der Waals surface area contributed by atoms with E-state index in [1.807, 2.05) is 84.9 Å². The molecule has 0 radical (unpaired) electrons. The minimum absolute atomic E-state index is 0.0965. The largest absolute Gasteiger partial charge is 0.399 e. The molecule has 36 heavy (non-hydrogen) atoms. The van der Waals surface area contributed by atoms with E-state index in [0.29, 0.717) is 24.9 Å². The highest BCUT2D eigenvalue weighted by Gasteiger charge is 2.34. The summed E-state index contributed by atoms with van der Waals surface area (Å²) < 4.78 is 0. The predicted molar refractivity (Wildman–Crippen MR) is 139 cm³/mol. The fourth-order valence-corrected chi connectivity index (χ4v) is 4.45. The van der Waals surface area contributed by atoms with Gasteiger partial charge in [-0.15, -0.1) is 0 Å². The zero-order valence-electron chi connectivity index (χ0n) is 20.3. The van der Waals surface area contributed by atoms with E-state index in [9.17, 15) is 14.7 Å². The average molecular weight is 486 g/mol. The van der Waals surface area contributed by atoms with E-state index >= 15 is 0 Å². The molecule has 7 nitrogen and oxygen atoms in total. The van der Waals surface area contributed by atoms with Crippen molar-refractivity contribution in [3.63, 3.8) is 0 Å². The highest BCUT2D eigenvalue weighted by Crippen LogP contribution is 2.25. The minimum Gasteiger partial charge on any atom is -0.399 e. The van der Waals surface area contributed by atoms with Crippen LogP contribution in [0, 0.1) is 0 Å². The number of nitrogens with zero attached hydrogens (tertiary/aromatic N) is 2. The molecule has 0 aliphatic carbocycles. The summed E-state index contributed by atoms with van der Waals surface area (Å²) in [6, 6.07) is 26.6. The Morgan fingerprint density at radius 2 is 1.64 bits per heavy atom. The van der Waals surface area contributed by atoms with E-state index in [1.54, 1.807) is 4.90 Å². The lowest BCUT2D eigenvalue weighted by molar-refractivity contribution is -0.121. The van der Waals surface area contributed by atoms with Gasteiger partial charge >= 0.3 is 0 Å². The van der Waals surface area contributed by atoms with Crippen molar-refractivity contribution in [1.82, 2.24) is 10.2 Å². The number of carbonyl (C=O) groups is 2. The smallest absolute Gasteiger partial charge is 0.254 e. The molecule has 1 fully saturated rings. The van der Waals surface area contributed by atoms with E-state index in [2.05, 4.69) is 10.5 Å². The molecule has 1 saturated heterocycles. The van der Waals surface area contributed by atoms with Gasteiger partial charge in [0, 0.05) is 31.0 Å². The first kappa shape index (κ1) is 25.1. The third kappa shape index (κ3) is 6.37. The molecular formula is C29H31N3O4. The van der Waals surface area contributed by atoms with Gasteiger partial charge in [0.25, 0.3) is 5.91 Å². The zero-order valence-corrected chi connectivity index (χ0v) is 20.3. The van der Waals surface area contributed by atoms with Crippen LogP contribution in [0.15, 0.2) is 90.1 Å². The van der Waals surface area contributed by atoms with Crippen molar-refractivity contribution in [3.8, 4) is 11.1 Å². The van der Waals surface area contributed by atoms with Gasteiger partial charge in [-0.3, -0.25) is 9.59 Å². The molecule has 4 rings (SSSR count). The Bertz CT molecular complexity index is 1180. The fraction of sp³-hybridized carbons (Fsp3) is 0.276. The number of aliphatic hydroxyl groups is 1. The van der Waals surface area contributed by atoms with Gasteiger partial charge in [-0.05, 0) is 35.2 Å². The second-order valence-electron chi connectivity index (χ2n) is 8.84. The van der Waals surface area contributed by atoms with Crippen LogP contribution >= 0.6 is 0 Å². The molecule has 1 heterocycles. The number of rotatable bonds is 9. The van der Waals surface area contributed by atoms with Gasteiger partial charge in [0.15, 0.2) is 0 Å². The van der Waals surface area contributed by atoms with Crippen LogP contribution in [0.4, 0.5) is 0 Å². The molecule has 186 valence electrons. The first-order chi connectivity index (χ1) is 17.5. The Morgan fingerprint density at radius 3 is 2.31 bits per heavy atom. The molecule has 0 aromatic heterocycles. The maximum absolute atomic E-state index is 13.4. The first-order valence-corrected chi connectivity index (χ1v) is 12.1. The van der Waals surface area contributed by atoms with Crippen LogP contribution in [-0.2, 0) is 9.63 Å². The lowest BCUT2D eigenvalue weighted by Gasteiger charge is -2.24. The van der Waals surface area contributed by atoms with Gasteiger partial charge in [-0.25, -0.2) is 0 Å². The number of oxime groups is 1. The fourth-order valence-electron chi connectivity index (χ4n) is 4.45. The van der Waals surface area contributed by atoms with Gasteiger partial charge in [0.1, 0.15) is 7.11 Å². The van der Waals surface area contributed by atoms with Gasteiger partial charge in [0.2, 0.25) is 5.91 Å². The van der Waals surface area contributed by atoms with E-state index in [0.717, 1.165) is 22.4 Å². The molecular weight excluding hydrogens is 454 g/mol. The number of nitrogens with one attached hydrogen (secondary N) is 1. The highest BCUT2D eigenvalue weighted by atomic mass is 16.6. The summed E-state index contributed by atoms with van der Waals surface area (Å²) in [5, 5.41) is 17.1.